The molecule has 1 aliphatic heterocycles. The molecule has 6 heteroatoms. The van der Waals surface area contributed by atoms with Gasteiger partial charge in [-0.2, -0.15) is 0 Å². The number of aryl methyl sites for hydroxylation is 1. The van der Waals surface area contributed by atoms with Gasteiger partial charge in [0.05, 0.1) is 17.6 Å². The van der Waals surface area contributed by atoms with Gasteiger partial charge in [0, 0.05) is 25.6 Å². The Kier molecular flexibility index (Phi) is 5.48. The van der Waals surface area contributed by atoms with Gasteiger partial charge in [0.25, 0.3) is 5.56 Å². The molecule has 0 spiro atoms. The highest BCUT2D eigenvalue weighted by Crippen LogP contribution is 2.18. The maximum absolute atomic E-state index is 12.7. The number of likely N-dealkylation sites (tertiary alicyclic amines) is 1. The molecule has 134 valence electrons. The fourth-order valence-corrected chi connectivity index (χ4v) is 3.30. The van der Waals surface area contributed by atoms with Crippen LogP contribution < -0.4 is 5.56 Å². The van der Waals surface area contributed by atoms with Crippen molar-refractivity contribution in [3.8, 4) is 0 Å². The summed E-state index contributed by atoms with van der Waals surface area (Å²) in [5, 5.41) is 0. The minimum Gasteiger partial charge on any atom is -0.381 e. The summed E-state index contributed by atoms with van der Waals surface area (Å²) in [7, 11) is 0. The number of carbonyl (C=O) groups is 1. The van der Waals surface area contributed by atoms with Crippen LogP contribution in [-0.2, 0) is 16.1 Å². The van der Waals surface area contributed by atoms with Crippen molar-refractivity contribution in [2.24, 2.45) is 5.92 Å². The number of hydrogen-bond acceptors (Lipinski definition) is 4. The molecule has 1 aromatic heterocycles. The Hall–Kier alpha value is -2.21. The lowest BCUT2D eigenvalue weighted by Gasteiger charge is -2.18. The zero-order valence-corrected chi connectivity index (χ0v) is 14.9. The molecule has 2 heterocycles. The van der Waals surface area contributed by atoms with Crippen molar-refractivity contribution in [3.05, 3.63) is 40.3 Å². The van der Waals surface area contributed by atoms with Crippen molar-refractivity contribution in [1.29, 1.82) is 0 Å². The predicted molar refractivity (Wildman–Crippen MR) is 96.5 cm³/mol. The third-order valence-electron chi connectivity index (χ3n) is 4.65. The van der Waals surface area contributed by atoms with Crippen LogP contribution in [0, 0.1) is 12.8 Å². The number of hydrogen-bond donors (Lipinski definition) is 0. The summed E-state index contributed by atoms with van der Waals surface area (Å²) in [5.74, 6) is 0.374. The Bertz CT molecular complexity index is 815. The first-order valence-electron chi connectivity index (χ1n) is 8.92. The number of benzene rings is 1. The lowest BCUT2D eigenvalue weighted by atomic mass is 10.1. The van der Waals surface area contributed by atoms with E-state index in [1.54, 1.807) is 11.5 Å². The lowest BCUT2D eigenvalue weighted by molar-refractivity contribution is -0.130. The van der Waals surface area contributed by atoms with Crippen molar-refractivity contribution in [1.82, 2.24) is 14.5 Å². The minimum absolute atomic E-state index is 0.0177. The zero-order valence-electron chi connectivity index (χ0n) is 14.9. The van der Waals surface area contributed by atoms with Gasteiger partial charge >= 0.3 is 0 Å². The highest BCUT2D eigenvalue weighted by Gasteiger charge is 2.27. The minimum atomic E-state index is -0.200. The van der Waals surface area contributed by atoms with Crippen LogP contribution in [0.4, 0.5) is 0 Å². The second-order valence-corrected chi connectivity index (χ2v) is 6.65. The topological polar surface area (TPSA) is 64.4 Å². The molecule has 1 amide bonds. The van der Waals surface area contributed by atoms with Crippen LogP contribution in [0.5, 0.6) is 0 Å². The van der Waals surface area contributed by atoms with Gasteiger partial charge in [-0.05, 0) is 31.9 Å². The monoisotopic (exact) mass is 343 g/mol. The second kappa shape index (κ2) is 7.78. The molecule has 1 aromatic carbocycles. The molecule has 3 rings (SSSR count). The SMILES string of the molecule is CCCOCC1CCN(C(=O)Cn2c(=O)c(C)nc3ccccc32)C1. The number of aromatic nitrogens is 2. The molecule has 2 aromatic rings. The van der Waals surface area contributed by atoms with Crippen molar-refractivity contribution < 1.29 is 9.53 Å². The number of ether oxygens (including phenoxy) is 1. The lowest BCUT2D eigenvalue weighted by Crippen LogP contribution is -2.36. The van der Waals surface area contributed by atoms with Gasteiger partial charge in [0.15, 0.2) is 0 Å². The average molecular weight is 343 g/mol. The first-order valence-corrected chi connectivity index (χ1v) is 8.92. The number of para-hydroxylation sites is 2. The van der Waals surface area contributed by atoms with Crippen molar-refractivity contribution >= 4 is 16.9 Å². The third kappa shape index (κ3) is 3.90. The van der Waals surface area contributed by atoms with E-state index >= 15 is 0 Å². The van der Waals surface area contributed by atoms with E-state index in [4.69, 9.17) is 4.74 Å². The number of amides is 1. The Morgan fingerprint density at radius 3 is 2.96 bits per heavy atom. The molecule has 25 heavy (non-hydrogen) atoms. The van der Waals surface area contributed by atoms with Gasteiger partial charge < -0.3 is 9.64 Å². The molecule has 1 saturated heterocycles. The first-order chi connectivity index (χ1) is 12.1. The molecule has 0 saturated carbocycles. The fraction of sp³-hybridized carbons (Fsp3) is 0.526. The van der Waals surface area contributed by atoms with Crippen LogP contribution in [0.25, 0.3) is 11.0 Å². The van der Waals surface area contributed by atoms with E-state index < -0.39 is 0 Å². The standard InChI is InChI=1S/C19H25N3O3/c1-3-10-25-13-15-8-9-21(11-15)18(23)12-22-17-7-5-4-6-16(17)20-14(2)19(22)24/h4-7,15H,3,8-13H2,1-2H3. The van der Waals surface area contributed by atoms with E-state index in [1.165, 1.54) is 0 Å². The van der Waals surface area contributed by atoms with Crippen LogP contribution in [0.1, 0.15) is 25.5 Å². The largest absolute Gasteiger partial charge is 0.381 e. The van der Waals surface area contributed by atoms with Gasteiger partial charge in [-0.3, -0.25) is 14.2 Å². The van der Waals surface area contributed by atoms with Gasteiger partial charge in [0.2, 0.25) is 5.91 Å². The number of nitrogens with zero attached hydrogens (tertiary/aromatic N) is 3. The zero-order chi connectivity index (χ0) is 17.8. The number of fused-ring (bicyclic) bond motifs is 1. The van der Waals surface area contributed by atoms with Crippen LogP contribution in [0.3, 0.4) is 0 Å². The first kappa shape index (κ1) is 17.6. The second-order valence-electron chi connectivity index (χ2n) is 6.65. The van der Waals surface area contributed by atoms with Gasteiger partial charge in [-0.1, -0.05) is 19.1 Å². The molecule has 1 fully saturated rings. The van der Waals surface area contributed by atoms with E-state index in [2.05, 4.69) is 11.9 Å². The Labute approximate surface area is 147 Å². The molecule has 6 nitrogen and oxygen atoms in total. The summed E-state index contributed by atoms with van der Waals surface area (Å²) < 4.78 is 7.15. The molecular formula is C19H25N3O3. The van der Waals surface area contributed by atoms with Gasteiger partial charge in [-0.25, -0.2) is 4.98 Å². The van der Waals surface area contributed by atoms with Crippen molar-refractivity contribution in [2.45, 2.75) is 33.2 Å². The predicted octanol–water partition coefficient (Wildman–Crippen LogP) is 1.98. The van der Waals surface area contributed by atoms with Crippen molar-refractivity contribution in [3.63, 3.8) is 0 Å². The maximum Gasteiger partial charge on any atom is 0.272 e. The Morgan fingerprint density at radius 2 is 2.16 bits per heavy atom. The summed E-state index contributed by atoms with van der Waals surface area (Å²) in [5.41, 5.74) is 1.65. The van der Waals surface area contributed by atoms with Crippen LogP contribution in [0.2, 0.25) is 0 Å². The molecule has 0 N–H and O–H groups in total. The van der Waals surface area contributed by atoms with Crippen LogP contribution in [0.15, 0.2) is 29.1 Å². The summed E-state index contributed by atoms with van der Waals surface area (Å²) in [4.78, 5) is 31.3. The number of carbonyl (C=O) groups excluding carboxylic acids is 1. The molecular weight excluding hydrogens is 318 g/mol. The highest BCUT2D eigenvalue weighted by molar-refractivity contribution is 5.80. The molecule has 0 bridgehead atoms. The van der Waals surface area contributed by atoms with Crippen molar-refractivity contribution in [2.75, 3.05) is 26.3 Å². The molecule has 0 radical (unpaired) electrons. The number of rotatable bonds is 6. The van der Waals surface area contributed by atoms with E-state index in [-0.39, 0.29) is 18.0 Å². The van der Waals surface area contributed by atoms with E-state index in [9.17, 15) is 9.59 Å². The normalized spacial score (nSPS) is 17.4. The van der Waals surface area contributed by atoms with E-state index in [0.717, 1.165) is 31.5 Å². The average Bonchev–Trinajstić information content (AvgIpc) is 3.08. The quantitative estimate of drug-likeness (QED) is 0.753. The smallest absolute Gasteiger partial charge is 0.272 e. The van der Waals surface area contributed by atoms with E-state index in [1.807, 2.05) is 29.2 Å². The van der Waals surface area contributed by atoms with Crippen LogP contribution >= 0.6 is 0 Å². The molecule has 0 aliphatic carbocycles. The third-order valence-corrected chi connectivity index (χ3v) is 4.65. The highest BCUT2D eigenvalue weighted by atomic mass is 16.5. The van der Waals surface area contributed by atoms with E-state index in [0.29, 0.717) is 30.3 Å². The molecule has 1 aliphatic rings. The van der Waals surface area contributed by atoms with Gasteiger partial charge in [-0.15, -0.1) is 0 Å². The summed E-state index contributed by atoms with van der Waals surface area (Å²) in [6.07, 6.45) is 1.97. The molecule has 1 unspecified atom stereocenters. The Balaban J connectivity index is 1.73. The summed E-state index contributed by atoms with van der Waals surface area (Å²) in [6.45, 7) is 6.74. The molecule has 1 atom stereocenters. The van der Waals surface area contributed by atoms with Crippen LogP contribution in [-0.4, -0.2) is 46.7 Å². The Morgan fingerprint density at radius 1 is 1.36 bits per heavy atom. The summed E-state index contributed by atoms with van der Waals surface area (Å²) >= 11 is 0. The van der Waals surface area contributed by atoms with Gasteiger partial charge in [0.1, 0.15) is 12.2 Å². The maximum atomic E-state index is 12.7. The summed E-state index contributed by atoms with van der Waals surface area (Å²) in [6, 6.07) is 7.44. The fourth-order valence-electron chi connectivity index (χ4n) is 3.30.